The van der Waals surface area contributed by atoms with Crippen LogP contribution in [0.1, 0.15) is 62.5 Å². The molecule has 0 heterocycles. The van der Waals surface area contributed by atoms with E-state index in [2.05, 4.69) is 43.3 Å². The van der Waals surface area contributed by atoms with Crippen LogP contribution in [-0.4, -0.2) is 25.0 Å². The fourth-order valence-electron chi connectivity index (χ4n) is 3.45. The van der Waals surface area contributed by atoms with Crippen molar-refractivity contribution in [2.75, 3.05) is 14.1 Å². The van der Waals surface area contributed by atoms with Gasteiger partial charge in [-0.15, -0.1) is 12.4 Å². The van der Waals surface area contributed by atoms with Crippen molar-refractivity contribution in [3.05, 3.63) is 35.4 Å². The van der Waals surface area contributed by atoms with E-state index in [0.29, 0.717) is 0 Å². The average molecular weight is 310 g/mol. The molecule has 0 atom stereocenters. The first kappa shape index (κ1) is 18.5. The van der Waals surface area contributed by atoms with Gasteiger partial charge in [-0.2, -0.15) is 0 Å². The second-order valence-electron chi connectivity index (χ2n) is 6.58. The Morgan fingerprint density at radius 1 is 0.762 bits per heavy atom. The zero-order valence-electron chi connectivity index (χ0n) is 13.8. The summed E-state index contributed by atoms with van der Waals surface area (Å²) in [7, 11) is 4.41. The third kappa shape index (κ3) is 6.40. The Balaban J connectivity index is 0.000000200. The van der Waals surface area contributed by atoms with Crippen LogP contribution in [0.4, 0.5) is 0 Å². The summed E-state index contributed by atoms with van der Waals surface area (Å²) in [6.45, 7) is 0. The molecule has 2 aliphatic carbocycles. The van der Waals surface area contributed by atoms with E-state index in [9.17, 15) is 0 Å². The lowest BCUT2D eigenvalue weighted by Gasteiger charge is -2.21. The van der Waals surface area contributed by atoms with Crippen molar-refractivity contribution in [2.45, 2.75) is 70.3 Å². The first-order chi connectivity index (χ1) is 9.77. The zero-order valence-corrected chi connectivity index (χ0v) is 14.6. The van der Waals surface area contributed by atoms with Crippen molar-refractivity contribution in [1.82, 2.24) is 4.90 Å². The number of aryl methyl sites for hydroxylation is 2. The highest BCUT2D eigenvalue weighted by Crippen LogP contribution is 2.20. The number of halogens is 1. The fraction of sp³-hybridized carbons (Fsp3) is 0.684. The highest BCUT2D eigenvalue weighted by Gasteiger charge is 2.12. The zero-order chi connectivity index (χ0) is 14.2. The van der Waals surface area contributed by atoms with E-state index in [1.165, 1.54) is 64.2 Å². The molecular formula is C19H32ClN. The van der Waals surface area contributed by atoms with E-state index in [1.807, 2.05) is 0 Å². The van der Waals surface area contributed by atoms with Crippen molar-refractivity contribution < 1.29 is 0 Å². The Kier molecular flexibility index (Phi) is 9.03. The van der Waals surface area contributed by atoms with Crippen molar-refractivity contribution >= 4 is 12.4 Å². The van der Waals surface area contributed by atoms with E-state index in [-0.39, 0.29) is 12.4 Å². The van der Waals surface area contributed by atoms with Crippen LogP contribution in [0.25, 0.3) is 0 Å². The Morgan fingerprint density at radius 2 is 1.24 bits per heavy atom. The number of hydrogen-bond donors (Lipinski definition) is 0. The maximum absolute atomic E-state index is 2.38. The normalized spacial score (nSPS) is 18.8. The average Bonchev–Trinajstić information content (AvgIpc) is 2.77. The largest absolute Gasteiger partial charge is 0.306 e. The topological polar surface area (TPSA) is 3.24 Å². The molecule has 0 amide bonds. The lowest BCUT2D eigenvalue weighted by molar-refractivity contribution is 0.267. The fourth-order valence-corrected chi connectivity index (χ4v) is 3.45. The Hall–Kier alpha value is -0.530. The highest BCUT2D eigenvalue weighted by molar-refractivity contribution is 5.85. The van der Waals surface area contributed by atoms with Gasteiger partial charge in [-0.05, 0) is 63.7 Å². The molecule has 1 aromatic rings. The minimum absolute atomic E-state index is 0. The molecule has 3 rings (SSSR count). The van der Waals surface area contributed by atoms with Crippen molar-refractivity contribution in [2.24, 2.45) is 0 Å². The van der Waals surface area contributed by atoms with Crippen LogP contribution in [0.3, 0.4) is 0 Å². The maximum Gasteiger partial charge on any atom is 0.00891 e. The molecule has 0 aliphatic heterocycles. The molecule has 0 aromatic heterocycles. The molecule has 0 spiro atoms. The monoisotopic (exact) mass is 309 g/mol. The summed E-state index contributed by atoms with van der Waals surface area (Å²) in [4.78, 5) is 2.38. The number of benzene rings is 1. The van der Waals surface area contributed by atoms with Crippen LogP contribution in [-0.2, 0) is 12.8 Å². The second kappa shape index (κ2) is 10.2. The van der Waals surface area contributed by atoms with E-state index in [4.69, 9.17) is 0 Å². The summed E-state index contributed by atoms with van der Waals surface area (Å²) >= 11 is 0. The quantitative estimate of drug-likeness (QED) is 0.640. The Labute approximate surface area is 137 Å². The Morgan fingerprint density at radius 3 is 1.67 bits per heavy atom. The molecule has 2 heteroatoms. The summed E-state index contributed by atoms with van der Waals surface area (Å²) < 4.78 is 0. The molecule has 1 saturated carbocycles. The molecule has 1 nitrogen and oxygen atoms in total. The first-order valence-electron chi connectivity index (χ1n) is 8.50. The molecular weight excluding hydrogens is 278 g/mol. The van der Waals surface area contributed by atoms with Gasteiger partial charge in [0.25, 0.3) is 0 Å². The van der Waals surface area contributed by atoms with Gasteiger partial charge in [0.15, 0.2) is 0 Å². The van der Waals surface area contributed by atoms with Gasteiger partial charge >= 0.3 is 0 Å². The van der Waals surface area contributed by atoms with Crippen LogP contribution < -0.4 is 0 Å². The SMILES string of the molecule is CN(C)C1CCCCCC1.Cl.c1ccc2c(c1)CCCC2. The molecule has 2 aliphatic rings. The van der Waals surface area contributed by atoms with Crippen LogP contribution in [0, 0.1) is 0 Å². The van der Waals surface area contributed by atoms with E-state index >= 15 is 0 Å². The molecule has 0 unspecified atom stereocenters. The van der Waals surface area contributed by atoms with Crippen molar-refractivity contribution in [3.63, 3.8) is 0 Å². The van der Waals surface area contributed by atoms with E-state index in [0.717, 1.165) is 6.04 Å². The molecule has 0 bridgehead atoms. The molecule has 1 aromatic carbocycles. The summed E-state index contributed by atoms with van der Waals surface area (Å²) in [6.07, 6.45) is 14.0. The third-order valence-electron chi connectivity index (χ3n) is 4.82. The van der Waals surface area contributed by atoms with E-state index < -0.39 is 0 Å². The number of hydrogen-bond acceptors (Lipinski definition) is 1. The summed E-state index contributed by atoms with van der Waals surface area (Å²) in [6, 6.07) is 9.68. The van der Waals surface area contributed by atoms with Crippen molar-refractivity contribution in [3.8, 4) is 0 Å². The standard InChI is InChI=1S/C10H12.C9H19N.ClH/c1-2-6-10-8-4-3-7-9(10)5-1;1-10(2)9-7-5-3-4-6-8-9;/h1-2,5-6H,3-4,7-8H2;9H,3-8H2,1-2H3;1H. The highest BCUT2D eigenvalue weighted by atomic mass is 35.5. The molecule has 21 heavy (non-hydrogen) atoms. The van der Waals surface area contributed by atoms with Crippen LogP contribution in [0.2, 0.25) is 0 Å². The summed E-state index contributed by atoms with van der Waals surface area (Å²) in [5, 5.41) is 0. The van der Waals surface area contributed by atoms with Gasteiger partial charge in [0, 0.05) is 6.04 Å². The smallest absolute Gasteiger partial charge is 0.00891 e. The van der Waals surface area contributed by atoms with Gasteiger partial charge in [0.2, 0.25) is 0 Å². The summed E-state index contributed by atoms with van der Waals surface area (Å²) in [5.74, 6) is 0. The lowest BCUT2D eigenvalue weighted by atomic mass is 9.92. The van der Waals surface area contributed by atoms with Gasteiger partial charge in [-0.3, -0.25) is 0 Å². The number of fused-ring (bicyclic) bond motifs is 1. The maximum atomic E-state index is 2.38. The van der Waals surface area contributed by atoms with Gasteiger partial charge < -0.3 is 4.90 Å². The third-order valence-corrected chi connectivity index (χ3v) is 4.82. The second-order valence-corrected chi connectivity index (χ2v) is 6.58. The Bertz CT molecular complexity index is 356. The van der Waals surface area contributed by atoms with Crippen LogP contribution in [0.15, 0.2) is 24.3 Å². The van der Waals surface area contributed by atoms with Crippen LogP contribution >= 0.6 is 12.4 Å². The van der Waals surface area contributed by atoms with Gasteiger partial charge in [-0.1, -0.05) is 49.9 Å². The molecule has 120 valence electrons. The number of rotatable bonds is 1. The molecule has 0 radical (unpaired) electrons. The van der Waals surface area contributed by atoms with E-state index in [1.54, 1.807) is 11.1 Å². The molecule has 0 saturated heterocycles. The van der Waals surface area contributed by atoms with Crippen LogP contribution in [0.5, 0.6) is 0 Å². The van der Waals surface area contributed by atoms with Gasteiger partial charge in [0.1, 0.15) is 0 Å². The first-order valence-corrected chi connectivity index (χ1v) is 8.50. The minimum atomic E-state index is 0. The number of nitrogens with zero attached hydrogens (tertiary/aromatic N) is 1. The van der Waals surface area contributed by atoms with Gasteiger partial charge in [0.05, 0.1) is 0 Å². The summed E-state index contributed by atoms with van der Waals surface area (Å²) in [5.41, 5.74) is 3.16. The molecule has 0 N–H and O–H groups in total. The lowest BCUT2D eigenvalue weighted by Crippen LogP contribution is -2.26. The van der Waals surface area contributed by atoms with Crippen molar-refractivity contribution in [1.29, 1.82) is 0 Å². The molecule has 1 fully saturated rings. The minimum Gasteiger partial charge on any atom is -0.306 e. The predicted molar refractivity (Wildman–Crippen MR) is 95.5 cm³/mol. The van der Waals surface area contributed by atoms with Gasteiger partial charge in [-0.25, -0.2) is 0 Å². The predicted octanol–water partition coefficient (Wildman–Crippen LogP) is 5.26.